The SMILES string of the molecule is CC(C)Oc1ccc(NC(=O)C(=O)NCCc2ccccc2F)cc1. The number of hydrogen-bond acceptors (Lipinski definition) is 3. The zero-order chi connectivity index (χ0) is 18.2. The Kier molecular flexibility index (Phi) is 6.51. The van der Waals surface area contributed by atoms with Crippen molar-refractivity contribution in [1.82, 2.24) is 5.32 Å². The number of halogens is 1. The molecule has 2 rings (SSSR count). The molecule has 2 amide bonds. The molecule has 0 aromatic heterocycles. The summed E-state index contributed by atoms with van der Waals surface area (Å²) in [6, 6.07) is 13.1. The third-order valence-corrected chi connectivity index (χ3v) is 3.33. The average Bonchev–Trinajstić information content (AvgIpc) is 2.57. The van der Waals surface area contributed by atoms with Crippen LogP contribution in [-0.4, -0.2) is 24.5 Å². The van der Waals surface area contributed by atoms with E-state index in [9.17, 15) is 14.0 Å². The molecule has 0 saturated carbocycles. The number of nitrogens with one attached hydrogen (secondary N) is 2. The summed E-state index contributed by atoms with van der Waals surface area (Å²) < 4.78 is 19.0. The van der Waals surface area contributed by atoms with Crippen LogP contribution in [0, 0.1) is 5.82 Å². The fourth-order valence-electron chi connectivity index (χ4n) is 2.17. The van der Waals surface area contributed by atoms with Crippen molar-refractivity contribution in [3.8, 4) is 5.75 Å². The number of amides is 2. The fourth-order valence-corrected chi connectivity index (χ4v) is 2.17. The van der Waals surface area contributed by atoms with Crippen molar-refractivity contribution in [3.05, 3.63) is 59.9 Å². The van der Waals surface area contributed by atoms with Gasteiger partial charge in [0.15, 0.2) is 0 Å². The van der Waals surface area contributed by atoms with Crippen molar-refractivity contribution < 1.29 is 18.7 Å². The summed E-state index contributed by atoms with van der Waals surface area (Å²) in [4.78, 5) is 23.6. The first-order chi connectivity index (χ1) is 12.0. The molecule has 2 N–H and O–H groups in total. The highest BCUT2D eigenvalue weighted by molar-refractivity contribution is 6.39. The van der Waals surface area contributed by atoms with E-state index in [4.69, 9.17) is 4.74 Å². The molecule has 0 aliphatic heterocycles. The van der Waals surface area contributed by atoms with Crippen LogP contribution in [0.2, 0.25) is 0 Å². The molecule has 0 aliphatic carbocycles. The molecule has 0 bridgehead atoms. The second-order valence-electron chi connectivity index (χ2n) is 5.74. The molecule has 0 heterocycles. The summed E-state index contributed by atoms with van der Waals surface area (Å²) in [5, 5.41) is 4.98. The Balaban J connectivity index is 1.80. The second-order valence-corrected chi connectivity index (χ2v) is 5.74. The minimum absolute atomic E-state index is 0.0562. The van der Waals surface area contributed by atoms with Gasteiger partial charge in [0.25, 0.3) is 0 Å². The van der Waals surface area contributed by atoms with E-state index >= 15 is 0 Å². The van der Waals surface area contributed by atoms with Crippen molar-refractivity contribution in [3.63, 3.8) is 0 Å². The summed E-state index contributed by atoms with van der Waals surface area (Å²) in [5.41, 5.74) is 0.981. The van der Waals surface area contributed by atoms with Crippen LogP contribution in [0.25, 0.3) is 0 Å². The van der Waals surface area contributed by atoms with Crippen molar-refractivity contribution in [1.29, 1.82) is 0 Å². The molecule has 5 nitrogen and oxygen atoms in total. The number of rotatable bonds is 6. The van der Waals surface area contributed by atoms with Gasteiger partial charge in [-0.25, -0.2) is 4.39 Å². The zero-order valence-corrected chi connectivity index (χ0v) is 14.2. The van der Waals surface area contributed by atoms with Crippen LogP contribution in [0.3, 0.4) is 0 Å². The normalized spacial score (nSPS) is 10.4. The van der Waals surface area contributed by atoms with Gasteiger partial charge in [-0.1, -0.05) is 18.2 Å². The van der Waals surface area contributed by atoms with Crippen LogP contribution >= 0.6 is 0 Å². The first-order valence-electron chi connectivity index (χ1n) is 8.05. The van der Waals surface area contributed by atoms with Gasteiger partial charge in [-0.15, -0.1) is 0 Å². The quantitative estimate of drug-likeness (QED) is 0.792. The monoisotopic (exact) mass is 344 g/mol. The Hall–Kier alpha value is -2.89. The highest BCUT2D eigenvalue weighted by Crippen LogP contribution is 2.16. The average molecular weight is 344 g/mol. The first kappa shape index (κ1) is 18.4. The molecule has 0 fully saturated rings. The van der Waals surface area contributed by atoms with Crippen molar-refractivity contribution >= 4 is 17.5 Å². The molecular weight excluding hydrogens is 323 g/mol. The number of carbonyl (C=O) groups excluding carboxylic acids is 2. The number of ether oxygens (including phenoxy) is 1. The van der Waals surface area contributed by atoms with E-state index in [0.717, 1.165) is 0 Å². The summed E-state index contributed by atoms with van der Waals surface area (Å²) in [6.45, 7) is 4.01. The number of carbonyl (C=O) groups is 2. The summed E-state index contributed by atoms with van der Waals surface area (Å²) >= 11 is 0. The Bertz CT molecular complexity index is 730. The van der Waals surface area contributed by atoms with E-state index in [1.165, 1.54) is 6.07 Å². The van der Waals surface area contributed by atoms with Gasteiger partial charge in [0.2, 0.25) is 0 Å². The van der Waals surface area contributed by atoms with Crippen LogP contribution in [0.5, 0.6) is 5.75 Å². The van der Waals surface area contributed by atoms with Gasteiger partial charge in [-0.3, -0.25) is 9.59 Å². The van der Waals surface area contributed by atoms with Crippen LogP contribution in [0.15, 0.2) is 48.5 Å². The smallest absolute Gasteiger partial charge is 0.313 e. The Morgan fingerprint density at radius 2 is 1.72 bits per heavy atom. The number of anilines is 1. The number of hydrogen-bond donors (Lipinski definition) is 2. The van der Waals surface area contributed by atoms with Crippen molar-refractivity contribution in [2.45, 2.75) is 26.4 Å². The summed E-state index contributed by atoms with van der Waals surface area (Å²) in [7, 11) is 0. The van der Waals surface area contributed by atoms with E-state index in [1.54, 1.807) is 42.5 Å². The molecule has 0 saturated heterocycles. The highest BCUT2D eigenvalue weighted by atomic mass is 19.1. The third-order valence-electron chi connectivity index (χ3n) is 3.33. The van der Waals surface area contributed by atoms with Crippen molar-refractivity contribution in [2.24, 2.45) is 0 Å². The lowest BCUT2D eigenvalue weighted by molar-refractivity contribution is -0.136. The molecule has 0 radical (unpaired) electrons. The van der Waals surface area contributed by atoms with Gasteiger partial charge in [-0.2, -0.15) is 0 Å². The molecule has 0 atom stereocenters. The predicted molar refractivity (Wildman–Crippen MR) is 93.9 cm³/mol. The lowest BCUT2D eigenvalue weighted by Gasteiger charge is -2.10. The molecule has 0 spiro atoms. The highest BCUT2D eigenvalue weighted by Gasteiger charge is 2.13. The summed E-state index contributed by atoms with van der Waals surface area (Å²) in [6.07, 6.45) is 0.369. The maximum absolute atomic E-state index is 13.5. The maximum Gasteiger partial charge on any atom is 0.313 e. The topological polar surface area (TPSA) is 67.4 Å². The first-order valence-corrected chi connectivity index (χ1v) is 8.05. The van der Waals surface area contributed by atoms with Gasteiger partial charge >= 0.3 is 11.8 Å². The number of benzene rings is 2. The molecular formula is C19H21FN2O3. The lowest BCUT2D eigenvalue weighted by atomic mass is 10.1. The van der Waals surface area contributed by atoms with Gasteiger partial charge in [0.05, 0.1) is 6.10 Å². The van der Waals surface area contributed by atoms with Crippen LogP contribution in [-0.2, 0) is 16.0 Å². The molecule has 0 aliphatic rings. The van der Waals surface area contributed by atoms with E-state index < -0.39 is 11.8 Å². The van der Waals surface area contributed by atoms with Crippen LogP contribution < -0.4 is 15.4 Å². The summed E-state index contributed by atoms with van der Waals surface area (Å²) in [5.74, 6) is -1.18. The molecule has 25 heavy (non-hydrogen) atoms. The van der Waals surface area contributed by atoms with E-state index in [0.29, 0.717) is 23.4 Å². The Labute approximate surface area is 146 Å². The zero-order valence-electron chi connectivity index (χ0n) is 14.2. The largest absolute Gasteiger partial charge is 0.491 e. The Morgan fingerprint density at radius 1 is 1.04 bits per heavy atom. The van der Waals surface area contributed by atoms with E-state index in [-0.39, 0.29) is 18.5 Å². The molecule has 6 heteroatoms. The van der Waals surface area contributed by atoms with Gasteiger partial charge in [-0.05, 0) is 56.2 Å². The minimum Gasteiger partial charge on any atom is -0.491 e. The fraction of sp³-hybridized carbons (Fsp3) is 0.263. The molecule has 0 unspecified atom stereocenters. The van der Waals surface area contributed by atoms with E-state index in [2.05, 4.69) is 10.6 Å². The predicted octanol–water partition coefficient (Wildman–Crippen LogP) is 2.91. The van der Waals surface area contributed by atoms with Crippen molar-refractivity contribution in [2.75, 3.05) is 11.9 Å². The van der Waals surface area contributed by atoms with Crippen LogP contribution in [0.4, 0.5) is 10.1 Å². The lowest BCUT2D eigenvalue weighted by Crippen LogP contribution is -2.36. The second kappa shape index (κ2) is 8.82. The molecule has 2 aromatic carbocycles. The standard InChI is InChI=1S/C19H21FN2O3/c1-13(2)25-16-9-7-15(8-10-16)22-19(24)18(23)21-12-11-14-5-3-4-6-17(14)20/h3-10,13H,11-12H2,1-2H3,(H,21,23)(H,22,24). The van der Waals surface area contributed by atoms with Gasteiger partial charge < -0.3 is 15.4 Å². The van der Waals surface area contributed by atoms with Gasteiger partial charge in [0, 0.05) is 12.2 Å². The molecule has 132 valence electrons. The third kappa shape index (κ3) is 5.91. The van der Waals surface area contributed by atoms with Crippen LogP contribution in [0.1, 0.15) is 19.4 Å². The minimum atomic E-state index is -0.772. The van der Waals surface area contributed by atoms with Gasteiger partial charge in [0.1, 0.15) is 11.6 Å². The van der Waals surface area contributed by atoms with E-state index in [1.807, 2.05) is 13.8 Å². The Morgan fingerprint density at radius 3 is 2.36 bits per heavy atom. The maximum atomic E-state index is 13.5. The molecule has 2 aromatic rings.